The quantitative estimate of drug-likeness (QED) is 0.221. The first-order valence-corrected chi connectivity index (χ1v) is 15.3. The number of methoxy groups -OCH3 is 1. The van der Waals surface area contributed by atoms with Crippen molar-refractivity contribution in [2.45, 2.75) is 82.2 Å². The zero-order valence-electron chi connectivity index (χ0n) is 25.4. The molecule has 2 aromatic rings. The summed E-state index contributed by atoms with van der Waals surface area (Å²) in [6.07, 6.45) is 3.45. The number of carbonyl (C=O) groups excluding carboxylic acids is 3. The van der Waals surface area contributed by atoms with Crippen LogP contribution >= 0.6 is 0 Å². The Labute approximate surface area is 257 Å². The molecule has 0 radical (unpaired) electrons. The van der Waals surface area contributed by atoms with Gasteiger partial charge in [0.25, 0.3) is 11.8 Å². The van der Waals surface area contributed by atoms with Crippen LogP contribution in [-0.2, 0) is 20.7 Å². The molecular formula is C33H43F2N3O6. The second-order valence-electron chi connectivity index (χ2n) is 11.8. The number of nitrogens with one attached hydrogen (secondary N) is 2. The number of ether oxygens (including phenoxy) is 2. The van der Waals surface area contributed by atoms with Crippen LogP contribution < -0.4 is 10.6 Å². The number of halogens is 2. The molecule has 2 aromatic carbocycles. The van der Waals surface area contributed by atoms with Crippen LogP contribution in [0.25, 0.3) is 0 Å². The van der Waals surface area contributed by atoms with Crippen molar-refractivity contribution >= 4 is 18.1 Å². The number of likely N-dealkylation sites (tertiary alicyclic amines) is 1. The van der Waals surface area contributed by atoms with Gasteiger partial charge in [-0.15, -0.1) is 0 Å². The Morgan fingerprint density at radius 2 is 1.89 bits per heavy atom. The van der Waals surface area contributed by atoms with Gasteiger partial charge in [0.1, 0.15) is 17.9 Å². The van der Waals surface area contributed by atoms with E-state index in [0.29, 0.717) is 51.1 Å². The first-order chi connectivity index (χ1) is 21.2. The summed E-state index contributed by atoms with van der Waals surface area (Å²) in [5.74, 6) is -2.21. The molecule has 44 heavy (non-hydrogen) atoms. The van der Waals surface area contributed by atoms with E-state index in [4.69, 9.17) is 9.47 Å². The van der Waals surface area contributed by atoms with Crippen LogP contribution in [0.3, 0.4) is 0 Å². The molecule has 2 fully saturated rings. The Bertz CT molecular complexity index is 1270. The van der Waals surface area contributed by atoms with Gasteiger partial charge < -0.3 is 34.9 Å². The van der Waals surface area contributed by atoms with E-state index in [1.165, 1.54) is 12.1 Å². The zero-order valence-corrected chi connectivity index (χ0v) is 25.4. The zero-order chi connectivity index (χ0) is 31.6. The molecule has 2 amide bonds. The Balaban J connectivity index is 1.53. The summed E-state index contributed by atoms with van der Waals surface area (Å²) in [5.41, 5.74) is 1.62. The standard InChI is InChI=1S/C33H43F2N3O6/c1-21-12-23(17-24(13-21)33(42)38-9-5-6-27(38)20-43-2)32(41)37-30(16-22-14-25(34)18-26(35)15-22)31(40)29-19-28(7-8-36-29)44-11-4-3-10-39/h10,12-15,17-18,27-31,36,40H,3-9,11,16,19-20H2,1-2H3,(H,37,41)/t27-,28?,29?,30?,31?/m1/s1. The summed E-state index contributed by atoms with van der Waals surface area (Å²) in [6, 6.07) is 6.66. The monoisotopic (exact) mass is 615 g/mol. The van der Waals surface area contributed by atoms with E-state index in [-0.39, 0.29) is 35.6 Å². The number of piperidine rings is 1. The van der Waals surface area contributed by atoms with Gasteiger partial charge in [0.05, 0.1) is 30.9 Å². The molecule has 0 aromatic heterocycles. The minimum absolute atomic E-state index is 0.0303. The van der Waals surface area contributed by atoms with Crippen molar-refractivity contribution < 1.29 is 37.7 Å². The first kappa shape index (κ1) is 33.6. The molecule has 0 spiro atoms. The lowest BCUT2D eigenvalue weighted by Crippen LogP contribution is -2.57. The molecule has 3 N–H and O–H groups in total. The van der Waals surface area contributed by atoms with E-state index >= 15 is 0 Å². The highest BCUT2D eigenvalue weighted by molar-refractivity contribution is 6.00. The van der Waals surface area contributed by atoms with Gasteiger partial charge >= 0.3 is 0 Å². The second kappa shape index (κ2) is 16.2. The Morgan fingerprint density at radius 3 is 2.61 bits per heavy atom. The maximum atomic E-state index is 14.1. The van der Waals surface area contributed by atoms with Gasteiger partial charge in [-0.1, -0.05) is 0 Å². The third-order valence-corrected chi connectivity index (χ3v) is 8.31. The number of rotatable bonds is 14. The molecule has 2 saturated heterocycles. The smallest absolute Gasteiger partial charge is 0.254 e. The molecule has 2 heterocycles. The number of hydrogen-bond donors (Lipinski definition) is 3. The number of aryl methyl sites for hydroxylation is 1. The lowest BCUT2D eigenvalue weighted by Gasteiger charge is -2.37. The van der Waals surface area contributed by atoms with Crippen molar-refractivity contribution in [3.05, 3.63) is 70.3 Å². The molecule has 4 unspecified atom stereocenters. The van der Waals surface area contributed by atoms with Gasteiger partial charge in [0.2, 0.25) is 0 Å². The molecule has 0 aliphatic carbocycles. The number of aliphatic hydroxyl groups is 1. The number of amides is 2. The molecule has 0 saturated carbocycles. The summed E-state index contributed by atoms with van der Waals surface area (Å²) in [7, 11) is 1.60. The SMILES string of the molecule is COC[C@H]1CCCN1C(=O)c1cc(C)cc(C(=O)NC(Cc2cc(F)cc(F)c2)C(O)C2CC(OCCCC=O)CCN2)c1. The number of unbranched alkanes of at least 4 members (excludes halogenated alkanes) is 1. The lowest BCUT2D eigenvalue weighted by molar-refractivity contribution is -0.108. The number of nitrogens with zero attached hydrogens (tertiary/aromatic N) is 1. The van der Waals surface area contributed by atoms with E-state index in [9.17, 15) is 28.3 Å². The van der Waals surface area contributed by atoms with E-state index in [2.05, 4.69) is 10.6 Å². The number of aldehydes is 1. The van der Waals surface area contributed by atoms with Crippen LogP contribution in [0.15, 0.2) is 36.4 Å². The van der Waals surface area contributed by atoms with Gasteiger partial charge in [-0.05, 0) is 93.5 Å². The van der Waals surface area contributed by atoms with Crippen LogP contribution in [0.1, 0.15) is 70.4 Å². The molecule has 5 atom stereocenters. The van der Waals surface area contributed by atoms with Crippen molar-refractivity contribution in [3.8, 4) is 0 Å². The highest BCUT2D eigenvalue weighted by Gasteiger charge is 2.34. The van der Waals surface area contributed by atoms with Crippen LogP contribution in [0, 0.1) is 18.6 Å². The topological polar surface area (TPSA) is 117 Å². The fourth-order valence-corrected chi connectivity index (χ4v) is 6.19. The third-order valence-electron chi connectivity index (χ3n) is 8.31. The fraction of sp³-hybridized carbons (Fsp3) is 0.545. The highest BCUT2D eigenvalue weighted by atomic mass is 19.1. The predicted octanol–water partition coefficient (Wildman–Crippen LogP) is 3.34. The van der Waals surface area contributed by atoms with Crippen molar-refractivity contribution in [3.63, 3.8) is 0 Å². The molecule has 240 valence electrons. The predicted molar refractivity (Wildman–Crippen MR) is 160 cm³/mol. The molecule has 2 aliphatic rings. The minimum Gasteiger partial charge on any atom is -0.389 e. The summed E-state index contributed by atoms with van der Waals surface area (Å²) in [5, 5.41) is 17.7. The Morgan fingerprint density at radius 1 is 1.14 bits per heavy atom. The van der Waals surface area contributed by atoms with Gasteiger partial charge in [-0.2, -0.15) is 0 Å². The molecule has 11 heteroatoms. The number of carbonyl (C=O) groups is 3. The number of aliphatic hydroxyl groups excluding tert-OH is 1. The summed E-state index contributed by atoms with van der Waals surface area (Å²) >= 11 is 0. The summed E-state index contributed by atoms with van der Waals surface area (Å²) in [6.45, 7) is 3.83. The van der Waals surface area contributed by atoms with Crippen LogP contribution in [0.5, 0.6) is 0 Å². The van der Waals surface area contributed by atoms with Gasteiger partial charge in [-0.3, -0.25) is 9.59 Å². The second-order valence-corrected chi connectivity index (χ2v) is 11.8. The molecular weight excluding hydrogens is 572 g/mol. The van der Waals surface area contributed by atoms with Crippen molar-refractivity contribution in [2.24, 2.45) is 0 Å². The molecule has 0 bridgehead atoms. The fourth-order valence-electron chi connectivity index (χ4n) is 6.19. The lowest BCUT2D eigenvalue weighted by atomic mass is 9.90. The maximum Gasteiger partial charge on any atom is 0.254 e. The van der Waals surface area contributed by atoms with Crippen LogP contribution in [0.2, 0.25) is 0 Å². The van der Waals surface area contributed by atoms with Gasteiger partial charge in [0.15, 0.2) is 0 Å². The van der Waals surface area contributed by atoms with Gasteiger partial charge in [-0.25, -0.2) is 8.78 Å². The minimum atomic E-state index is -1.13. The largest absolute Gasteiger partial charge is 0.389 e. The summed E-state index contributed by atoms with van der Waals surface area (Å²) in [4.78, 5) is 39.5. The van der Waals surface area contributed by atoms with E-state index < -0.39 is 35.7 Å². The van der Waals surface area contributed by atoms with Gasteiger partial charge in [0, 0.05) is 49.9 Å². The average Bonchev–Trinajstić information content (AvgIpc) is 3.46. The van der Waals surface area contributed by atoms with Crippen molar-refractivity contribution in [1.82, 2.24) is 15.5 Å². The van der Waals surface area contributed by atoms with E-state index in [1.807, 2.05) is 0 Å². The molecule has 2 aliphatic heterocycles. The number of hydrogen-bond acceptors (Lipinski definition) is 7. The van der Waals surface area contributed by atoms with Crippen LogP contribution in [0.4, 0.5) is 8.78 Å². The Kier molecular flexibility index (Phi) is 12.4. The maximum absolute atomic E-state index is 14.1. The van der Waals surface area contributed by atoms with Crippen LogP contribution in [-0.4, -0.2) is 91.9 Å². The highest BCUT2D eigenvalue weighted by Crippen LogP contribution is 2.23. The van der Waals surface area contributed by atoms with Crippen molar-refractivity contribution in [2.75, 3.05) is 33.4 Å². The average molecular weight is 616 g/mol. The first-order valence-electron chi connectivity index (χ1n) is 15.3. The molecule has 4 rings (SSSR count). The van der Waals surface area contributed by atoms with Crippen molar-refractivity contribution in [1.29, 1.82) is 0 Å². The van der Waals surface area contributed by atoms with E-state index in [0.717, 1.165) is 37.2 Å². The summed E-state index contributed by atoms with van der Waals surface area (Å²) < 4.78 is 39.3. The normalized spacial score (nSPS) is 21.6. The Hall–Kier alpha value is -3.25. The van der Waals surface area contributed by atoms with E-state index in [1.54, 1.807) is 37.1 Å². The third kappa shape index (κ3) is 9.13. The number of benzene rings is 2. The molecule has 9 nitrogen and oxygen atoms in total.